The van der Waals surface area contributed by atoms with Gasteiger partial charge >= 0.3 is 0 Å². The van der Waals surface area contributed by atoms with E-state index in [4.69, 9.17) is 0 Å². The summed E-state index contributed by atoms with van der Waals surface area (Å²) in [5, 5.41) is 10.7. The number of rotatable bonds is 1. The van der Waals surface area contributed by atoms with Crippen LogP contribution in [0.3, 0.4) is 0 Å². The van der Waals surface area contributed by atoms with Gasteiger partial charge in [-0.15, -0.1) is 0 Å². The molecule has 4 aliphatic carbocycles. The first-order chi connectivity index (χ1) is 6.99. The molecule has 0 saturated heterocycles. The van der Waals surface area contributed by atoms with Crippen molar-refractivity contribution in [3.63, 3.8) is 0 Å². The Bertz CT molecular complexity index is 299. The molecule has 4 bridgehead atoms. The van der Waals surface area contributed by atoms with Crippen molar-refractivity contribution in [3.8, 4) is 0 Å². The molecule has 4 rings (SSSR count). The highest BCUT2D eigenvalue weighted by Crippen LogP contribution is 2.62. The van der Waals surface area contributed by atoms with Crippen LogP contribution in [0.5, 0.6) is 0 Å². The summed E-state index contributed by atoms with van der Waals surface area (Å²) in [6.45, 7) is 1.66. The van der Waals surface area contributed by atoms with Crippen LogP contribution in [0, 0.1) is 11.8 Å². The lowest BCUT2D eigenvalue weighted by Gasteiger charge is -2.59. The molecular weight excluding hydrogens is 208 g/mol. The number of carbonyl (C=O) groups excluding carboxylic acids is 1. The zero-order valence-corrected chi connectivity index (χ0v) is 9.98. The van der Waals surface area contributed by atoms with E-state index >= 15 is 0 Å². The smallest absolute Gasteiger partial charge is 0.186 e. The second-order valence-electron chi connectivity index (χ2n) is 5.96. The van der Waals surface area contributed by atoms with Crippen LogP contribution in [-0.4, -0.2) is 20.6 Å². The van der Waals surface area contributed by atoms with E-state index in [0.717, 1.165) is 32.1 Å². The normalized spacial score (nSPS) is 52.1. The van der Waals surface area contributed by atoms with E-state index in [1.165, 1.54) is 18.2 Å². The molecule has 0 radical (unpaired) electrons. The highest BCUT2D eigenvalue weighted by atomic mass is 32.2. The summed E-state index contributed by atoms with van der Waals surface area (Å²) in [5.41, 5.74) is -0.424. The molecule has 15 heavy (non-hydrogen) atoms. The van der Waals surface area contributed by atoms with Crippen molar-refractivity contribution in [1.29, 1.82) is 0 Å². The molecule has 0 amide bonds. The Labute approximate surface area is 94.8 Å². The maximum atomic E-state index is 11.3. The SMILES string of the molecule is CC(=O)SC12C[C@@H]3C[C@@H](CC(O)(C3)C1)C2. The van der Waals surface area contributed by atoms with Gasteiger partial charge < -0.3 is 5.11 Å². The van der Waals surface area contributed by atoms with Gasteiger partial charge in [-0.1, -0.05) is 11.8 Å². The van der Waals surface area contributed by atoms with Crippen molar-refractivity contribution in [1.82, 2.24) is 0 Å². The Morgan fingerprint density at radius 1 is 1.27 bits per heavy atom. The summed E-state index contributed by atoms with van der Waals surface area (Å²) in [6.07, 6.45) is 6.46. The molecule has 4 atom stereocenters. The summed E-state index contributed by atoms with van der Waals surface area (Å²) in [4.78, 5) is 11.3. The summed E-state index contributed by atoms with van der Waals surface area (Å²) >= 11 is 1.51. The van der Waals surface area contributed by atoms with E-state index in [2.05, 4.69) is 0 Å². The lowest BCUT2D eigenvalue weighted by molar-refractivity contribution is -0.116. The molecule has 4 aliphatic rings. The zero-order chi connectivity index (χ0) is 10.7. The van der Waals surface area contributed by atoms with Crippen molar-refractivity contribution < 1.29 is 9.90 Å². The number of thioether (sulfide) groups is 1. The quantitative estimate of drug-likeness (QED) is 0.745. The zero-order valence-electron chi connectivity index (χ0n) is 9.16. The van der Waals surface area contributed by atoms with Gasteiger partial charge in [-0.05, 0) is 50.4 Å². The molecule has 0 heterocycles. The Morgan fingerprint density at radius 3 is 2.33 bits per heavy atom. The Balaban J connectivity index is 1.89. The van der Waals surface area contributed by atoms with Crippen molar-refractivity contribution >= 4 is 16.9 Å². The third-order valence-electron chi connectivity index (χ3n) is 4.34. The monoisotopic (exact) mass is 226 g/mol. The first-order valence-electron chi connectivity index (χ1n) is 5.91. The molecule has 3 heteroatoms. The van der Waals surface area contributed by atoms with E-state index in [1.54, 1.807) is 6.92 Å². The molecule has 4 saturated carbocycles. The van der Waals surface area contributed by atoms with Gasteiger partial charge in [0.15, 0.2) is 5.12 Å². The number of hydrogen-bond acceptors (Lipinski definition) is 3. The van der Waals surface area contributed by atoms with Crippen LogP contribution in [0.25, 0.3) is 0 Å². The second-order valence-corrected chi connectivity index (χ2v) is 7.61. The Morgan fingerprint density at radius 2 is 1.87 bits per heavy atom. The van der Waals surface area contributed by atoms with Crippen LogP contribution in [0.4, 0.5) is 0 Å². The topological polar surface area (TPSA) is 37.3 Å². The van der Waals surface area contributed by atoms with Gasteiger partial charge in [0.05, 0.1) is 5.60 Å². The highest BCUT2D eigenvalue weighted by Gasteiger charge is 2.57. The summed E-state index contributed by atoms with van der Waals surface area (Å²) in [5.74, 6) is 1.37. The molecule has 0 aromatic carbocycles. The van der Waals surface area contributed by atoms with Gasteiger partial charge in [0.25, 0.3) is 0 Å². The lowest BCUT2D eigenvalue weighted by Crippen LogP contribution is -2.57. The molecule has 4 fully saturated rings. The van der Waals surface area contributed by atoms with E-state index in [1.807, 2.05) is 0 Å². The maximum Gasteiger partial charge on any atom is 0.186 e. The minimum absolute atomic E-state index is 0.102. The number of aliphatic hydroxyl groups is 1. The average Bonchev–Trinajstić information content (AvgIpc) is 1.94. The van der Waals surface area contributed by atoms with Crippen LogP contribution in [0.2, 0.25) is 0 Å². The summed E-state index contributed by atoms with van der Waals surface area (Å²) in [7, 11) is 0. The van der Waals surface area contributed by atoms with Gasteiger partial charge in [0.2, 0.25) is 0 Å². The van der Waals surface area contributed by atoms with Crippen LogP contribution in [0.15, 0.2) is 0 Å². The minimum atomic E-state index is -0.424. The number of carbonyl (C=O) groups is 1. The van der Waals surface area contributed by atoms with Crippen LogP contribution >= 0.6 is 11.8 Å². The van der Waals surface area contributed by atoms with E-state index in [0.29, 0.717) is 11.8 Å². The Kier molecular flexibility index (Phi) is 2.04. The Hall–Kier alpha value is -0.0200. The first kappa shape index (κ1) is 10.2. The van der Waals surface area contributed by atoms with Gasteiger partial charge in [-0.3, -0.25) is 4.79 Å². The predicted octanol–water partition coefficient (Wildman–Crippen LogP) is 2.35. The van der Waals surface area contributed by atoms with Gasteiger partial charge in [-0.25, -0.2) is 0 Å². The standard InChI is InChI=1S/C12H18O2S/c1-8(13)15-12-5-9-2-10(6-12)4-11(14,3-9)7-12/h9-10,14H,2-7H2,1H3/t9-,10+,11?,12?. The van der Waals surface area contributed by atoms with E-state index in [-0.39, 0.29) is 9.86 Å². The predicted molar refractivity (Wildman–Crippen MR) is 60.6 cm³/mol. The summed E-state index contributed by atoms with van der Waals surface area (Å²) < 4.78 is 0.102. The fourth-order valence-corrected chi connectivity index (χ4v) is 6.14. The van der Waals surface area contributed by atoms with Crippen molar-refractivity contribution in [2.75, 3.05) is 0 Å². The fraction of sp³-hybridized carbons (Fsp3) is 0.917. The minimum Gasteiger partial charge on any atom is -0.390 e. The van der Waals surface area contributed by atoms with Gasteiger partial charge in [-0.2, -0.15) is 0 Å². The maximum absolute atomic E-state index is 11.3. The summed E-state index contributed by atoms with van der Waals surface area (Å²) in [6, 6.07) is 0. The van der Waals surface area contributed by atoms with Gasteiger partial charge in [0.1, 0.15) is 0 Å². The van der Waals surface area contributed by atoms with Crippen molar-refractivity contribution in [2.45, 2.75) is 55.8 Å². The fourth-order valence-electron chi connectivity index (χ4n) is 4.56. The van der Waals surface area contributed by atoms with Crippen LogP contribution < -0.4 is 0 Å². The van der Waals surface area contributed by atoms with Crippen molar-refractivity contribution in [2.24, 2.45) is 11.8 Å². The molecule has 0 spiro atoms. The number of hydrogen-bond donors (Lipinski definition) is 1. The third kappa shape index (κ3) is 1.64. The van der Waals surface area contributed by atoms with Gasteiger partial charge in [0, 0.05) is 11.7 Å². The molecule has 0 aliphatic heterocycles. The van der Waals surface area contributed by atoms with Crippen LogP contribution in [0.1, 0.15) is 45.4 Å². The van der Waals surface area contributed by atoms with Crippen molar-refractivity contribution in [3.05, 3.63) is 0 Å². The molecule has 2 nitrogen and oxygen atoms in total. The highest BCUT2D eigenvalue weighted by molar-refractivity contribution is 8.14. The van der Waals surface area contributed by atoms with E-state index in [9.17, 15) is 9.90 Å². The largest absolute Gasteiger partial charge is 0.390 e. The lowest BCUT2D eigenvalue weighted by atomic mass is 9.54. The average molecular weight is 226 g/mol. The molecule has 2 unspecified atom stereocenters. The molecule has 0 aromatic rings. The molecule has 1 N–H and O–H groups in total. The van der Waals surface area contributed by atoms with E-state index < -0.39 is 5.60 Å². The molecule has 84 valence electrons. The second kappa shape index (κ2) is 3.01. The van der Waals surface area contributed by atoms with Crippen LogP contribution in [-0.2, 0) is 4.79 Å². The molecular formula is C12H18O2S. The first-order valence-corrected chi connectivity index (χ1v) is 6.72. The third-order valence-corrected chi connectivity index (χ3v) is 5.53. The molecule has 0 aromatic heterocycles.